The average Bonchev–Trinajstić information content (AvgIpc) is 3.47. The molecule has 3 heterocycles. The van der Waals surface area contributed by atoms with Crippen molar-refractivity contribution in [2.75, 3.05) is 4.90 Å². The van der Waals surface area contributed by atoms with Crippen molar-refractivity contribution in [1.29, 1.82) is 0 Å². The third-order valence-corrected chi connectivity index (χ3v) is 5.75. The van der Waals surface area contributed by atoms with Gasteiger partial charge in [0.2, 0.25) is 11.7 Å². The molecule has 162 valence electrons. The molecule has 0 N–H and O–H groups in total. The number of aromatic nitrogens is 2. The van der Waals surface area contributed by atoms with Crippen LogP contribution in [-0.2, 0) is 16.1 Å². The summed E-state index contributed by atoms with van der Waals surface area (Å²) in [5.74, 6) is 0.362. The molecule has 0 aliphatic carbocycles. The van der Waals surface area contributed by atoms with Crippen LogP contribution in [0.3, 0.4) is 0 Å². The summed E-state index contributed by atoms with van der Waals surface area (Å²) in [5.41, 5.74) is 3.63. The van der Waals surface area contributed by atoms with Crippen molar-refractivity contribution in [2.24, 2.45) is 10.3 Å². The summed E-state index contributed by atoms with van der Waals surface area (Å²) in [7, 11) is 0. The standard InChI is InChI=1S/C23H22N6O3/c1-13(2)15-8-10-17(11-9-15)29-22(30)19-20(23(29)31)28(27-25-19)12-18-24-21(26-32-18)16-6-4-14(3)5-7-16/h4-11,13,19-20H,12H2,1-3H3. The van der Waals surface area contributed by atoms with Crippen LogP contribution in [0.1, 0.15) is 36.8 Å². The van der Waals surface area contributed by atoms with Crippen molar-refractivity contribution >= 4 is 17.5 Å². The molecule has 9 nitrogen and oxygen atoms in total. The first-order valence-corrected chi connectivity index (χ1v) is 10.5. The Kier molecular flexibility index (Phi) is 4.80. The Balaban J connectivity index is 1.34. The number of carbonyl (C=O) groups excluding carboxylic acids is 2. The number of fused-ring (bicyclic) bond motifs is 1. The highest BCUT2D eigenvalue weighted by atomic mass is 16.5. The highest BCUT2D eigenvalue weighted by Gasteiger charge is 2.55. The summed E-state index contributed by atoms with van der Waals surface area (Å²) < 4.78 is 5.35. The molecule has 1 fully saturated rings. The molecule has 0 bridgehead atoms. The van der Waals surface area contributed by atoms with Gasteiger partial charge < -0.3 is 4.52 Å². The van der Waals surface area contributed by atoms with Gasteiger partial charge in [-0.25, -0.2) is 4.90 Å². The normalized spacial score (nSPS) is 20.0. The first-order valence-electron chi connectivity index (χ1n) is 10.5. The van der Waals surface area contributed by atoms with Gasteiger partial charge in [0, 0.05) is 5.56 Å². The third-order valence-electron chi connectivity index (χ3n) is 5.75. The number of hydrogen-bond acceptors (Lipinski definition) is 8. The molecule has 1 saturated heterocycles. The van der Waals surface area contributed by atoms with Gasteiger partial charge in [0.15, 0.2) is 12.1 Å². The van der Waals surface area contributed by atoms with Crippen molar-refractivity contribution in [3.05, 3.63) is 65.5 Å². The Bertz CT molecular complexity index is 1200. The number of amides is 2. The Labute approximate surface area is 184 Å². The monoisotopic (exact) mass is 430 g/mol. The van der Waals surface area contributed by atoms with E-state index in [1.165, 1.54) is 9.91 Å². The van der Waals surface area contributed by atoms with Crippen LogP contribution < -0.4 is 4.90 Å². The van der Waals surface area contributed by atoms with Gasteiger partial charge in [-0.05, 0) is 30.5 Å². The third kappa shape index (κ3) is 3.35. The number of benzene rings is 2. The maximum Gasteiger partial charge on any atom is 0.263 e. The summed E-state index contributed by atoms with van der Waals surface area (Å²) in [6, 6.07) is 13.5. The molecule has 2 aromatic carbocycles. The summed E-state index contributed by atoms with van der Waals surface area (Å²) in [6.07, 6.45) is 0. The number of hydrogen-bond donors (Lipinski definition) is 0. The van der Waals surface area contributed by atoms with Crippen molar-refractivity contribution in [3.63, 3.8) is 0 Å². The molecular weight excluding hydrogens is 408 g/mol. The fourth-order valence-electron chi connectivity index (χ4n) is 3.89. The zero-order chi connectivity index (χ0) is 22.4. The summed E-state index contributed by atoms with van der Waals surface area (Å²) in [5, 5.41) is 13.5. The van der Waals surface area contributed by atoms with E-state index in [9.17, 15) is 9.59 Å². The van der Waals surface area contributed by atoms with Crippen LogP contribution in [-0.4, -0.2) is 39.0 Å². The number of aryl methyl sites for hydroxylation is 1. The van der Waals surface area contributed by atoms with Crippen LogP contribution in [0.25, 0.3) is 11.4 Å². The number of imide groups is 1. The number of nitrogens with zero attached hydrogens (tertiary/aromatic N) is 6. The average molecular weight is 430 g/mol. The Morgan fingerprint density at radius 3 is 2.41 bits per heavy atom. The van der Waals surface area contributed by atoms with Crippen molar-refractivity contribution < 1.29 is 14.1 Å². The second kappa shape index (κ2) is 7.67. The van der Waals surface area contributed by atoms with Crippen LogP contribution in [0.4, 0.5) is 5.69 Å². The van der Waals surface area contributed by atoms with E-state index in [-0.39, 0.29) is 18.4 Å². The topological polar surface area (TPSA) is 104 Å². The molecule has 1 aromatic heterocycles. The Morgan fingerprint density at radius 2 is 1.72 bits per heavy atom. The van der Waals surface area contributed by atoms with E-state index in [2.05, 4.69) is 34.3 Å². The van der Waals surface area contributed by atoms with Crippen LogP contribution in [0, 0.1) is 6.92 Å². The lowest BCUT2D eigenvalue weighted by Gasteiger charge is -2.19. The van der Waals surface area contributed by atoms with Crippen LogP contribution in [0.5, 0.6) is 0 Å². The molecule has 2 atom stereocenters. The van der Waals surface area contributed by atoms with Crippen LogP contribution in [0.2, 0.25) is 0 Å². The molecular formula is C23H22N6O3. The highest BCUT2D eigenvalue weighted by molar-refractivity contribution is 6.25. The van der Waals surface area contributed by atoms with E-state index in [4.69, 9.17) is 4.52 Å². The summed E-state index contributed by atoms with van der Waals surface area (Å²) in [4.78, 5) is 31.7. The van der Waals surface area contributed by atoms with E-state index >= 15 is 0 Å². The second-order valence-corrected chi connectivity index (χ2v) is 8.33. The number of anilines is 1. The van der Waals surface area contributed by atoms with E-state index in [1.807, 2.05) is 43.3 Å². The minimum absolute atomic E-state index is 0.0860. The van der Waals surface area contributed by atoms with Crippen molar-refractivity contribution in [1.82, 2.24) is 15.1 Å². The smallest absolute Gasteiger partial charge is 0.263 e. The molecule has 3 aromatic rings. The van der Waals surface area contributed by atoms with E-state index in [1.54, 1.807) is 12.1 Å². The molecule has 2 aliphatic rings. The lowest BCUT2D eigenvalue weighted by molar-refractivity contribution is -0.123. The van der Waals surface area contributed by atoms with E-state index < -0.39 is 12.1 Å². The van der Waals surface area contributed by atoms with E-state index in [0.717, 1.165) is 16.7 Å². The molecule has 0 radical (unpaired) electrons. The molecule has 32 heavy (non-hydrogen) atoms. The molecule has 5 rings (SSSR count). The molecule has 2 unspecified atom stereocenters. The maximum atomic E-state index is 13.2. The van der Waals surface area contributed by atoms with Gasteiger partial charge in [-0.1, -0.05) is 66.2 Å². The molecule has 2 amide bonds. The molecule has 0 spiro atoms. The van der Waals surface area contributed by atoms with Crippen LogP contribution in [0.15, 0.2) is 63.4 Å². The van der Waals surface area contributed by atoms with Crippen molar-refractivity contribution in [3.8, 4) is 11.4 Å². The minimum atomic E-state index is -0.869. The lowest BCUT2D eigenvalue weighted by Crippen LogP contribution is -2.39. The quantitative estimate of drug-likeness (QED) is 0.572. The number of carbonyl (C=O) groups is 2. The SMILES string of the molecule is Cc1ccc(-c2noc(CN3N=NC4C(=O)N(c5ccc(C(C)C)cc5)C(=O)C43)n2)cc1. The predicted molar refractivity (Wildman–Crippen MR) is 115 cm³/mol. The van der Waals surface area contributed by atoms with Gasteiger partial charge in [0.05, 0.1) is 5.69 Å². The van der Waals surface area contributed by atoms with Gasteiger partial charge in [0.25, 0.3) is 11.8 Å². The molecule has 0 saturated carbocycles. The molecule has 2 aliphatic heterocycles. The minimum Gasteiger partial charge on any atom is -0.337 e. The fourth-order valence-corrected chi connectivity index (χ4v) is 3.89. The summed E-state index contributed by atoms with van der Waals surface area (Å²) >= 11 is 0. The second-order valence-electron chi connectivity index (χ2n) is 8.33. The predicted octanol–water partition coefficient (Wildman–Crippen LogP) is 3.66. The molecule has 9 heteroatoms. The van der Waals surface area contributed by atoms with Crippen molar-refractivity contribution in [2.45, 2.75) is 45.3 Å². The zero-order valence-corrected chi connectivity index (χ0v) is 18.0. The summed E-state index contributed by atoms with van der Waals surface area (Å²) in [6.45, 7) is 6.27. The van der Waals surface area contributed by atoms with Gasteiger partial charge in [0.1, 0.15) is 6.54 Å². The first kappa shape index (κ1) is 20.0. The lowest BCUT2D eigenvalue weighted by atomic mass is 10.0. The van der Waals surface area contributed by atoms with Gasteiger partial charge in [-0.3, -0.25) is 14.6 Å². The van der Waals surface area contributed by atoms with Crippen LogP contribution >= 0.6 is 0 Å². The van der Waals surface area contributed by atoms with Gasteiger partial charge in [-0.2, -0.15) is 10.1 Å². The van der Waals surface area contributed by atoms with E-state index in [0.29, 0.717) is 23.3 Å². The maximum absolute atomic E-state index is 13.2. The van der Waals surface area contributed by atoms with Gasteiger partial charge >= 0.3 is 0 Å². The Morgan fingerprint density at radius 1 is 1.00 bits per heavy atom. The van der Waals surface area contributed by atoms with Gasteiger partial charge in [-0.15, -0.1) is 0 Å². The number of rotatable bonds is 5. The highest BCUT2D eigenvalue weighted by Crippen LogP contribution is 2.33. The fraction of sp³-hybridized carbons (Fsp3) is 0.304. The first-order chi connectivity index (χ1) is 15.4. The largest absolute Gasteiger partial charge is 0.337 e. The Hall–Kier alpha value is -3.88. The zero-order valence-electron chi connectivity index (χ0n) is 18.0.